The van der Waals surface area contributed by atoms with E-state index < -0.39 is 0 Å². The highest BCUT2D eigenvalue weighted by Gasteiger charge is 2.11. The normalized spacial score (nSPS) is 10.6. The Bertz CT molecular complexity index is 468. The molecule has 0 saturated heterocycles. The maximum Gasteiger partial charge on any atom is 0.278 e. The van der Waals surface area contributed by atoms with Crippen molar-refractivity contribution in [2.75, 3.05) is 13.2 Å². The minimum absolute atomic E-state index is 0.490. The van der Waals surface area contributed by atoms with Crippen LogP contribution in [0.1, 0.15) is 26.7 Å². The molecule has 1 heterocycles. The van der Waals surface area contributed by atoms with Crippen molar-refractivity contribution in [3.63, 3.8) is 0 Å². The maximum absolute atomic E-state index is 5.59. The Balaban J connectivity index is 2.35. The molecule has 4 nitrogen and oxygen atoms in total. The van der Waals surface area contributed by atoms with Crippen molar-refractivity contribution in [3.05, 3.63) is 24.3 Å². The third-order valence-corrected chi connectivity index (χ3v) is 2.39. The number of nitrogens with zero attached hydrogens (tertiary/aromatic N) is 2. The van der Waals surface area contributed by atoms with Crippen LogP contribution in [-0.2, 0) is 0 Å². The molecule has 0 atom stereocenters. The van der Waals surface area contributed by atoms with Crippen LogP contribution in [0.25, 0.3) is 11.0 Å². The number of hydrogen-bond acceptors (Lipinski definition) is 4. The van der Waals surface area contributed by atoms with Gasteiger partial charge in [0.05, 0.1) is 24.2 Å². The Hall–Kier alpha value is -1.84. The molecule has 0 aliphatic carbocycles. The molecule has 18 heavy (non-hydrogen) atoms. The lowest BCUT2D eigenvalue weighted by molar-refractivity contribution is 0.252. The molecule has 0 bridgehead atoms. The van der Waals surface area contributed by atoms with E-state index in [0.717, 1.165) is 23.9 Å². The molecule has 0 spiro atoms. The largest absolute Gasteiger partial charge is 0.474 e. The number of hydrogen-bond donors (Lipinski definition) is 0. The summed E-state index contributed by atoms with van der Waals surface area (Å²) < 4.78 is 11.2. The van der Waals surface area contributed by atoms with Gasteiger partial charge in [-0.2, -0.15) is 0 Å². The SMILES string of the molecule is CCCOc1nc2ccccc2nc1OCCC. The molecule has 4 heteroatoms. The van der Waals surface area contributed by atoms with Crippen molar-refractivity contribution in [3.8, 4) is 11.8 Å². The molecule has 0 N–H and O–H groups in total. The number of aromatic nitrogens is 2. The predicted molar refractivity (Wildman–Crippen MR) is 71.1 cm³/mol. The Morgan fingerprint density at radius 3 is 1.67 bits per heavy atom. The molecule has 0 aliphatic rings. The van der Waals surface area contributed by atoms with Crippen LogP contribution in [0, 0.1) is 0 Å². The van der Waals surface area contributed by atoms with E-state index in [1.165, 1.54) is 0 Å². The molecule has 0 fully saturated rings. The summed E-state index contributed by atoms with van der Waals surface area (Å²) in [5, 5.41) is 0. The van der Waals surface area contributed by atoms with Crippen LogP contribution in [0.15, 0.2) is 24.3 Å². The van der Waals surface area contributed by atoms with E-state index in [4.69, 9.17) is 9.47 Å². The van der Waals surface area contributed by atoms with Gasteiger partial charge in [0, 0.05) is 0 Å². The van der Waals surface area contributed by atoms with Crippen LogP contribution in [0.4, 0.5) is 0 Å². The first kappa shape index (κ1) is 12.6. The van der Waals surface area contributed by atoms with E-state index >= 15 is 0 Å². The first-order chi connectivity index (χ1) is 8.85. The molecule has 0 unspecified atom stereocenters. The number of para-hydroxylation sites is 2. The lowest BCUT2D eigenvalue weighted by Crippen LogP contribution is -2.05. The van der Waals surface area contributed by atoms with E-state index in [1.807, 2.05) is 24.3 Å². The fraction of sp³-hybridized carbons (Fsp3) is 0.429. The van der Waals surface area contributed by atoms with Gasteiger partial charge in [0.2, 0.25) is 0 Å². The fourth-order valence-electron chi connectivity index (χ4n) is 1.55. The summed E-state index contributed by atoms with van der Waals surface area (Å²) in [4.78, 5) is 8.91. The highest BCUT2D eigenvalue weighted by molar-refractivity contribution is 5.75. The van der Waals surface area contributed by atoms with Crippen molar-refractivity contribution in [2.24, 2.45) is 0 Å². The van der Waals surface area contributed by atoms with Crippen molar-refractivity contribution in [1.29, 1.82) is 0 Å². The second-order valence-corrected chi connectivity index (χ2v) is 4.02. The topological polar surface area (TPSA) is 44.2 Å². The summed E-state index contributed by atoms with van der Waals surface area (Å²) >= 11 is 0. The Labute approximate surface area is 107 Å². The third-order valence-electron chi connectivity index (χ3n) is 2.39. The van der Waals surface area contributed by atoms with Gasteiger partial charge < -0.3 is 9.47 Å². The van der Waals surface area contributed by atoms with Crippen LogP contribution in [0.5, 0.6) is 11.8 Å². The molecule has 0 amide bonds. The molecule has 1 aromatic heterocycles. The van der Waals surface area contributed by atoms with Crippen LogP contribution < -0.4 is 9.47 Å². The first-order valence-electron chi connectivity index (χ1n) is 6.37. The summed E-state index contributed by atoms with van der Waals surface area (Å²) in [6.45, 7) is 5.35. The van der Waals surface area contributed by atoms with Gasteiger partial charge in [0.25, 0.3) is 11.8 Å². The third kappa shape index (κ3) is 2.88. The lowest BCUT2D eigenvalue weighted by Gasteiger charge is -2.10. The fourth-order valence-corrected chi connectivity index (χ4v) is 1.55. The molecule has 2 rings (SSSR count). The van der Waals surface area contributed by atoms with E-state index in [9.17, 15) is 0 Å². The van der Waals surface area contributed by atoms with E-state index in [2.05, 4.69) is 23.8 Å². The van der Waals surface area contributed by atoms with E-state index in [1.54, 1.807) is 0 Å². The molecule has 0 aliphatic heterocycles. The zero-order chi connectivity index (χ0) is 12.8. The van der Waals surface area contributed by atoms with Crippen LogP contribution >= 0.6 is 0 Å². The Morgan fingerprint density at radius 1 is 0.833 bits per heavy atom. The van der Waals surface area contributed by atoms with Gasteiger partial charge in [-0.3, -0.25) is 0 Å². The van der Waals surface area contributed by atoms with Gasteiger partial charge in [-0.05, 0) is 25.0 Å². The monoisotopic (exact) mass is 246 g/mol. The zero-order valence-corrected chi connectivity index (χ0v) is 10.8. The molecule has 96 valence electrons. The summed E-state index contributed by atoms with van der Waals surface area (Å²) in [5.41, 5.74) is 1.65. The maximum atomic E-state index is 5.59. The van der Waals surface area contributed by atoms with Crippen molar-refractivity contribution in [2.45, 2.75) is 26.7 Å². The Kier molecular flexibility index (Phi) is 4.34. The molecular weight excluding hydrogens is 228 g/mol. The molecule has 2 aromatic rings. The van der Waals surface area contributed by atoms with Crippen LogP contribution in [0.3, 0.4) is 0 Å². The predicted octanol–water partition coefficient (Wildman–Crippen LogP) is 3.21. The summed E-state index contributed by atoms with van der Waals surface area (Å²) in [6.07, 6.45) is 1.86. The average Bonchev–Trinajstić information content (AvgIpc) is 2.42. The summed E-state index contributed by atoms with van der Waals surface area (Å²) in [5.74, 6) is 0.980. The van der Waals surface area contributed by atoms with Crippen molar-refractivity contribution in [1.82, 2.24) is 9.97 Å². The first-order valence-corrected chi connectivity index (χ1v) is 6.37. The van der Waals surface area contributed by atoms with Gasteiger partial charge >= 0.3 is 0 Å². The number of rotatable bonds is 6. The number of ether oxygens (including phenoxy) is 2. The van der Waals surface area contributed by atoms with Crippen LogP contribution in [0.2, 0.25) is 0 Å². The summed E-state index contributed by atoms with van der Waals surface area (Å²) in [6, 6.07) is 7.72. The van der Waals surface area contributed by atoms with Gasteiger partial charge in [-0.25, -0.2) is 9.97 Å². The zero-order valence-electron chi connectivity index (χ0n) is 10.8. The van der Waals surface area contributed by atoms with Gasteiger partial charge in [-0.15, -0.1) is 0 Å². The average molecular weight is 246 g/mol. The minimum Gasteiger partial charge on any atom is -0.474 e. The molecule has 1 aromatic carbocycles. The second-order valence-electron chi connectivity index (χ2n) is 4.02. The van der Waals surface area contributed by atoms with E-state index in [0.29, 0.717) is 25.0 Å². The quantitative estimate of drug-likeness (QED) is 0.785. The minimum atomic E-state index is 0.490. The highest BCUT2D eigenvalue weighted by Crippen LogP contribution is 2.25. The summed E-state index contributed by atoms with van der Waals surface area (Å²) in [7, 11) is 0. The van der Waals surface area contributed by atoms with Gasteiger partial charge in [0.1, 0.15) is 0 Å². The molecule has 0 radical (unpaired) electrons. The van der Waals surface area contributed by atoms with Crippen molar-refractivity contribution < 1.29 is 9.47 Å². The number of fused-ring (bicyclic) bond motifs is 1. The lowest BCUT2D eigenvalue weighted by atomic mass is 10.3. The highest BCUT2D eigenvalue weighted by atomic mass is 16.5. The Morgan fingerprint density at radius 2 is 1.28 bits per heavy atom. The van der Waals surface area contributed by atoms with E-state index in [-0.39, 0.29) is 0 Å². The molecular formula is C14H18N2O2. The van der Waals surface area contributed by atoms with Crippen LogP contribution in [-0.4, -0.2) is 23.2 Å². The standard InChI is InChI=1S/C14H18N2O2/c1-3-9-17-13-14(18-10-4-2)16-12-8-6-5-7-11(12)15-13/h5-8H,3-4,9-10H2,1-2H3. The molecule has 0 saturated carbocycles. The smallest absolute Gasteiger partial charge is 0.278 e. The second kappa shape index (κ2) is 6.19. The van der Waals surface area contributed by atoms with Gasteiger partial charge in [0.15, 0.2) is 0 Å². The van der Waals surface area contributed by atoms with Gasteiger partial charge in [-0.1, -0.05) is 26.0 Å². The number of benzene rings is 1. The van der Waals surface area contributed by atoms with Crippen molar-refractivity contribution >= 4 is 11.0 Å².